The van der Waals surface area contributed by atoms with Gasteiger partial charge in [-0.05, 0) is 25.5 Å². The molecule has 0 bridgehead atoms. The third-order valence-electron chi connectivity index (χ3n) is 6.19. The molecule has 12 heteroatoms. The average molecular weight is 513 g/mol. The fourth-order valence-corrected chi connectivity index (χ4v) is 4.48. The fourth-order valence-electron chi connectivity index (χ4n) is 4.48. The van der Waals surface area contributed by atoms with Gasteiger partial charge >= 0.3 is 18.2 Å². The molecule has 2 aliphatic rings. The maximum absolute atomic E-state index is 13.8. The largest absolute Gasteiger partial charge is 0.463 e. The molecular weight excluding hydrogens is 481 g/mol. The van der Waals surface area contributed by atoms with Crippen molar-refractivity contribution >= 4 is 17.9 Å². The molecule has 198 valence electrons. The zero-order valence-corrected chi connectivity index (χ0v) is 20.6. The highest BCUT2D eigenvalue weighted by molar-refractivity contribution is 5.95. The van der Waals surface area contributed by atoms with E-state index in [1.807, 2.05) is 4.90 Å². The molecule has 36 heavy (non-hydrogen) atoms. The monoisotopic (exact) mass is 512 g/mol. The summed E-state index contributed by atoms with van der Waals surface area (Å²) >= 11 is 0. The molecule has 1 aromatic rings. The summed E-state index contributed by atoms with van der Waals surface area (Å²) in [5, 5.41) is 2.58. The van der Waals surface area contributed by atoms with Gasteiger partial charge in [-0.25, -0.2) is 9.59 Å². The van der Waals surface area contributed by atoms with Crippen LogP contribution in [0.2, 0.25) is 0 Å². The lowest BCUT2D eigenvalue weighted by Gasteiger charge is -2.40. The molecule has 1 aromatic carbocycles. The number of hydrogen-bond acceptors (Lipinski definition) is 6. The first-order chi connectivity index (χ1) is 17.1. The molecule has 3 amide bonds. The van der Waals surface area contributed by atoms with Crippen LogP contribution in [0.3, 0.4) is 0 Å². The van der Waals surface area contributed by atoms with Crippen molar-refractivity contribution in [1.29, 1.82) is 0 Å². The predicted molar refractivity (Wildman–Crippen MR) is 124 cm³/mol. The summed E-state index contributed by atoms with van der Waals surface area (Å²) in [6.07, 6.45) is -4.69. The molecule has 0 aromatic heterocycles. The molecule has 1 fully saturated rings. The second-order valence-electron chi connectivity index (χ2n) is 8.38. The van der Waals surface area contributed by atoms with E-state index < -0.39 is 29.8 Å². The number of urea groups is 1. The van der Waals surface area contributed by atoms with Crippen molar-refractivity contribution in [2.75, 3.05) is 59.6 Å². The number of alkyl halides is 3. The summed E-state index contributed by atoms with van der Waals surface area (Å²) in [6, 6.07) is 2.93. The summed E-state index contributed by atoms with van der Waals surface area (Å²) in [6.45, 7) is 5.39. The highest BCUT2D eigenvalue weighted by Crippen LogP contribution is 2.39. The number of methoxy groups -OCH3 is 1. The molecule has 2 aliphatic heterocycles. The number of nitrogens with one attached hydrogen (secondary N) is 1. The van der Waals surface area contributed by atoms with Crippen LogP contribution in [0.1, 0.15) is 31.0 Å². The Morgan fingerprint density at radius 3 is 2.36 bits per heavy atom. The number of benzene rings is 1. The van der Waals surface area contributed by atoms with Crippen LogP contribution in [0.15, 0.2) is 35.5 Å². The van der Waals surface area contributed by atoms with Crippen molar-refractivity contribution in [3.05, 3.63) is 46.7 Å². The summed E-state index contributed by atoms with van der Waals surface area (Å²) in [4.78, 5) is 43.3. The average Bonchev–Trinajstić information content (AvgIpc) is 2.84. The number of nitrogens with zero attached hydrogens (tertiary/aromatic N) is 3. The maximum Gasteiger partial charge on any atom is 0.416 e. The van der Waals surface area contributed by atoms with E-state index >= 15 is 0 Å². The first-order valence-electron chi connectivity index (χ1n) is 11.8. The Morgan fingerprint density at radius 1 is 1.11 bits per heavy atom. The van der Waals surface area contributed by atoms with E-state index in [0.29, 0.717) is 31.9 Å². The van der Waals surface area contributed by atoms with E-state index in [1.165, 1.54) is 30.2 Å². The number of esters is 1. The lowest BCUT2D eigenvalue weighted by Crippen LogP contribution is -2.54. The number of amides is 3. The quantitative estimate of drug-likeness (QED) is 0.538. The van der Waals surface area contributed by atoms with Crippen molar-refractivity contribution in [2.45, 2.75) is 26.1 Å². The van der Waals surface area contributed by atoms with Crippen LogP contribution >= 0.6 is 0 Å². The van der Waals surface area contributed by atoms with Gasteiger partial charge < -0.3 is 19.7 Å². The Balaban J connectivity index is 2.02. The topological polar surface area (TPSA) is 91.4 Å². The fraction of sp³-hybridized carbons (Fsp3) is 0.542. The number of likely N-dealkylation sites (N-methyl/N-ethyl adjacent to an activating group) is 1. The van der Waals surface area contributed by atoms with Gasteiger partial charge in [0.25, 0.3) is 0 Å². The Bertz CT molecular complexity index is 1010. The molecule has 9 nitrogen and oxygen atoms in total. The van der Waals surface area contributed by atoms with Crippen molar-refractivity contribution in [1.82, 2.24) is 20.0 Å². The normalized spacial score (nSPS) is 19.4. The number of carbonyl (C=O) groups is 3. The number of piperazine rings is 1. The maximum atomic E-state index is 13.8. The molecule has 1 saturated heterocycles. The van der Waals surface area contributed by atoms with E-state index in [-0.39, 0.29) is 43.3 Å². The summed E-state index contributed by atoms with van der Waals surface area (Å²) in [7, 11) is 1.44. The van der Waals surface area contributed by atoms with Gasteiger partial charge in [0.05, 0.1) is 23.8 Å². The number of rotatable bonds is 8. The Morgan fingerprint density at radius 2 is 1.78 bits per heavy atom. The summed E-state index contributed by atoms with van der Waals surface area (Å²) in [5.41, 5.74) is -0.914. The van der Waals surface area contributed by atoms with Crippen molar-refractivity contribution in [2.24, 2.45) is 0 Å². The third-order valence-corrected chi connectivity index (χ3v) is 6.19. The highest BCUT2D eigenvalue weighted by Gasteiger charge is 2.43. The minimum absolute atomic E-state index is 0.0175. The zero-order valence-electron chi connectivity index (χ0n) is 20.6. The van der Waals surface area contributed by atoms with Gasteiger partial charge in [0.15, 0.2) is 0 Å². The molecule has 1 N–H and O–H groups in total. The van der Waals surface area contributed by atoms with E-state index in [1.54, 1.807) is 18.7 Å². The second kappa shape index (κ2) is 11.7. The van der Waals surface area contributed by atoms with Crippen LogP contribution in [0, 0.1) is 0 Å². The zero-order chi connectivity index (χ0) is 26.5. The lowest BCUT2D eigenvalue weighted by molar-refractivity contribution is -0.141. The van der Waals surface area contributed by atoms with Crippen LogP contribution in [0.4, 0.5) is 18.0 Å². The van der Waals surface area contributed by atoms with Crippen LogP contribution in [0.25, 0.3) is 0 Å². The molecule has 3 rings (SSSR count). The predicted octanol–water partition coefficient (Wildman–Crippen LogP) is 2.40. The summed E-state index contributed by atoms with van der Waals surface area (Å²) < 4.78 is 51.7. The van der Waals surface area contributed by atoms with Gasteiger partial charge in [-0.1, -0.05) is 18.2 Å². The van der Waals surface area contributed by atoms with Crippen LogP contribution in [0.5, 0.6) is 0 Å². The SMILES string of the molecule is CCOC(=O)C1=C(CN2CCN(C(=O)COC)CC2)N(CC)C(=O)N[C@H]1c1ccccc1C(F)(F)F. The molecule has 0 unspecified atom stereocenters. The molecule has 0 aliphatic carbocycles. The van der Waals surface area contributed by atoms with Crippen LogP contribution in [-0.4, -0.2) is 92.2 Å². The Labute approximate surface area is 207 Å². The Hall–Kier alpha value is -3.12. The number of carbonyl (C=O) groups excluding carboxylic acids is 3. The van der Waals surface area contributed by atoms with E-state index in [2.05, 4.69) is 5.32 Å². The van der Waals surface area contributed by atoms with Crippen molar-refractivity contribution < 1.29 is 37.0 Å². The number of hydrogen-bond donors (Lipinski definition) is 1. The Kier molecular flexibility index (Phi) is 8.96. The summed E-state index contributed by atoms with van der Waals surface area (Å²) in [5.74, 6) is -0.929. The molecule has 0 saturated carbocycles. The minimum Gasteiger partial charge on any atom is -0.463 e. The standard InChI is InChI=1S/C24H31F3N4O5/c1-4-31-18(14-29-10-12-30(13-11-29)19(32)15-35-3)20(22(33)36-5-2)21(28-23(31)34)16-8-6-7-9-17(16)24(25,26)27/h6-9,21H,4-5,10-15H2,1-3H3,(H,28,34)/t21-/m0/s1. The lowest BCUT2D eigenvalue weighted by atomic mass is 9.90. The first kappa shape index (κ1) is 27.5. The van der Waals surface area contributed by atoms with Gasteiger partial charge in [0, 0.05) is 52.1 Å². The van der Waals surface area contributed by atoms with Crippen molar-refractivity contribution in [3.8, 4) is 0 Å². The van der Waals surface area contributed by atoms with Gasteiger partial charge in [-0.3, -0.25) is 14.6 Å². The molecular formula is C24H31F3N4O5. The molecule has 2 heterocycles. The van der Waals surface area contributed by atoms with E-state index in [9.17, 15) is 27.6 Å². The molecule has 0 radical (unpaired) electrons. The van der Waals surface area contributed by atoms with Gasteiger partial charge in [0.2, 0.25) is 5.91 Å². The highest BCUT2D eigenvalue weighted by atomic mass is 19.4. The molecule has 1 atom stereocenters. The van der Waals surface area contributed by atoms with Crippen LogP contribution in [-0.2, 0) is 25.2 Å². The van der Waals surface area contributed by atoms with Gasteiger partial charge in [0.1, 0.15) is 6.61 Å². The van der Waals surface area contributed by atoms with Gasteiger partial charge in [-0.2, -0.15) is 13.2 Å². The first-order valence-corrected chi connectivity index (χ1v) is 11.8. The third kappa shape index (κ3) is 5.98. The van der Waals surface area contributed by atoms with Crippen LogP contribution < -0.4 is 5.32 Å². The minimum atomic E-state index is -4.69. The van der Waals surface area contributed by atoms with Gasteiger partial charge in [-0.15, -0.1) is 0 Å². The number of ether oxygens (including phenoxy) is 2. The van der Waals surface area contributed by atoms with E-state index in [0.717, 1.165) is 6.07 Å². The van der Waals surface area contributed by atoms with Crippen molar-refractivity contribution in [3.63, 3.8) is 0 Å². The molecule has 0 spiro atoms. The van der Waals surface area contributed by atoms with E-state index in [4.69, 9.17) is 9.47 Å². The smallest absolute Gasteiger partial charge is 0.416 e. The second-order valence-corrected chi connectivity index (χ2v) is 8.38. The number of halogens is 3.